The van der Waals surface area contributed by atoms with Crippen LogP contribution in [0.3, 0.4) is 0 Å². The monoisotopic (exact) mass is 365 g/mol. The summed E-state index contributed by atoms with van der Waals surface area (Å²) in [6, 6.07) is 18.5. The molecule has 1 amide bonds. The van der Waals surface area contributed by atoms with E-state index in [1.54, 1.807) is 11.8 Å². The van der Waals surface area contributed by atoms with Crippen LogP contribution in [0.25, 0.3) is 6.08 Å². The third-order valence-corrected chi connectivity index (χ3v) is 6.08. The van der Waals surface area contributed by atoms with Gasteiger partial charge < -0.3 is 15.1 Å². The SMILES string of the molecule is CN1CCN(c2ccccc2/C=C2/SC(c3ccccc3)NC2=O)CC1. The number of piperazine rings is 1. The lowest BCUT2D eigenvalue weighted by atomic mass is 10.1. The molecule has 0 saturated carbocycles. The lowest BCUT2D eigenvalue weighted by molar-refractivity contribution is -0.116. The second kappa shape index (κ2) is 7.56. The number of hydrogen-bond acceptors (Lipinski definition) is 4. The fraction of sp³-hybridized carbons (Fsp3) is 0.286. The van der Waals surface area contributed by atoms with E-state index in [-0.39, 0.29) is 11.3 Å². The maximum atomic E-state index is 12.5. The van der Waals surface area contributed by atoms with E-state index >= 15 is 0 Å². The fourth-order valence-corrected chi connectivity index (χ4v) is 4.44. The van der Waals surface area contributed by atoms with Crippen LogP contribution >= 0.6 is 11.8 Å². The van der Waals surface area contributed by atoms with Gasteiger partial charge >= 0.3 is 0 Å². The van der Waals surface area contributed by atoms with Crippen LogP contribution in [-0.4, -0.2) is 44.0 Å². The van der Waals surface area contributed by atoms with E-state index in [2.05, 4.69) is 52.5 Å². The van der Waals surface area contributed by atoms with Crippen LogP contribution in [0.5, 0.6) is 0 Å². The highest BCUT2D eigenvalue weighted by molar-refractivity contribution is 8.04. The van der Waals surface area contributed by atoms with E-state index in [4.69, 9.17) is 0 Å². The standard InChI is InChI=1S/C21H23N3OS/c1-23-11-13-24(14-12-23)18-10-6-5-9-17(18)15-19-20(25)22-21(26-19)16-7-3-2-4-8-16/h2-10,15,21H,11-14H2,1H3,(H,22,25)/b19-15+. The number of carbonyl (C=O) groups excluding carboxylic acids is 1. The first-order chi connectivity index (χ1) is 12.7. The van der Waals surface area contributed by atoms with Gasteiger partial charge in [-0.05, 0) is 30.3 Å². The minimum Gasteiger partial charge on any atom is -0.368 e. The molecule has 1 N–H and O–H groups in total. The van der Waals surface area contributed by atoms with Crippen molar-refractivity contribution in [3.05, 3.63) is 70.6 Å². The van der Waals surface area contributed by atoms with Crippen molar-refractivity contribution in [3.63, 3.8) is 0 Å². The summed E-state index contributed by atoms with van der Waals surface area (Å²) in [7, 11) is 2.16. The van der Waals surface area contributed by atoms with Crippen LogP contribution in [0.2, 0.25) is 0 Å². The molecule has 4 nitrogen and oxygen atoms in total. The molecule has 1 atom stereocenters. The van der Waals surface area contributed by atoms with Crippen molar-refractivity contribution >= 4 is 29.4 Å². The molecule has 2 aromatic rings. The fourth-order valence-electron chi connectivity index (χ4n) is 3.37. The molecule has 2 aliphatic rings. The van der Waals surface area contributed by atoms with Gasteiger partial charge in [-0.1, -0.05) is 60.3 Å². The number of likely N-dealkylation sites (N-methyl/N-ethyl adjacent to an activating group) is 1. The maximum absolute atomic E-state index is 12.5. The van der Waals surface area contributed by atoms with E-state index in [0.717, 1.165) is 42.2 Å². The maximum Gasteiger partial charge on any atom is 0.258 e. The molecule has 26 heavy (non-hydrogen) atoms. The van der Waals surface area contributed by atoms with Gasteiger partial charge in [-0.3, -0.25) is 4.79 Å². The Balaban J connectivity index is 1.58. The zero-order valence-corrected chi connectivity index (χ0v) is 15.7. The molecule has 5 heteroatoms. The molecule has 2 aliphatic heterocycles. The quantitative estimate of drug-likeness (QED) is 0.847. The molecule has 2 heterocycles. The third-order valence-electron chi connectivity index (χ3n) is 4.90. The van der Waals surface area contributed by atoms with E-state index in [0.29, 0.717) is 0 Å². The molecule has 2 saturated heterocycles. The molecule has 2 aromatic carbocycles. The van der Waals surface area contributed by atoms with E-state index in [1.807, 2.05) is 30.3 Å². The van der Waals surface area contributed by atoms with Crippen molar-refractivity contribution in [3.8, 4) is 0 Å². The third kappa shape index (κ3) is 3.64. The predicted molar refractivity (Wildman–Crippen MR) is 109 cm³/mol. The molecule has 134 valence electrons. The van der Waals surface area contributed by atoms with E-state index < -0.39 is 0 Å². The summed E-state index contributed by atoms with van der Waals surface area (Å²) in [5, 5.41) is 3.07. The lowest BCUT2D eigenvalue weighted by Crippen LogP contribution is -2.44. The summed E-state index contributed by atoms with van der Waals surface area (Å²) in [6.07, 6.45) is 2.04. The summed E-state index contributed by atoms with van der Waals surface area (Å²) in [6.45, 7) is 4.16. The smallest absolute Gasteiger partial charge is 0.258 e. The Morgan fingerprint density at radius 3 is 2.46 bits per heavy atom. The zero-order valence-electron chi connectivity index (χ0n) is 14.9. The van der Waals surface area contributed by atoms with Crippen molar-refractivity contribution in [1.29, 1.82) is 0 Å². The Labute approximate surface area is 158 Å². The first kappa shape index (κ1) is 17.2. The summed E-state index contributed by atoms with van der Waals surface area (Å²) >= 11 is 1.60. The van der Waals surface area contributed by atoms with Crippen LogP contribution < -0.4 is 10.2 Å². The summed E-state index contributed by atoms with van der Waals surface area (Å²) in [5.41, 5.74) is 3.45. The average molecular weight is 366 g/mol. The first-order valence-corrected chi connectivity index (χ1v) is 9.85. The van der Waals surface area contributed by atoms with Gasteiger partial charge in [0, 0.05) is 31.9 Å². The van der Waals surface area contributed by atoms with Gasteiger partial charge in [0.1, 0.15) is 5.37 Å². The minimum atomic E-state index is -0.00857. The molecule has 4 rings (SSSR count). The number of amides is 1. The molecule has 1 unspecified atom stereocenters. The number of hydrogen-bond donors (Lipinski definition) is 1. The van der Waals surface area contributed by atoms with Gasteiger partial charge in [-0.2, -0.15) is 0 Å². The van der Waals surface area contributed by atoms with Gasteiger partial charge in [0.15, 0.2) is 0 Å². The molecule has 0 spiro atoms. The molecular formula is C21H23N3OS. The molecule has 0 bridgehead atoms. The molecule has 2 fully saturated rings. The first-order valence-electron chi connectivity index (χ1n) is 8.97. The van der Waals surface area contributed by atoms with Crippen molar-refractivity contribution in [2.75, 3.05) is 38.1 Å². The Bertz CT molecular complexity index is 813. The second-order valence-electron chi connectivity index (χ2n) is 6.74. The normalized spacial score (nSPS) is 22.7. The Morgan fingerprint density at radius 2 is 1.69 bits per heavy atom. The van der Waals surface area contributed by atoms with Crippen molar-refractivity contribution in [2.45, 2.75) is 5.37 Å². The summed E-state index contributed by atoms with van der Waals surface area (Å²) in [4.78, 5) is 18.0. The number of nitrogens with one attached hydrogen (secondary N) is 1. The van der Waals surface area contributed by atoms with Crippen molar-refractivity contribution < 1.29 is 4.79 Å². The van der Waals surface area contributed by atoms with E-state index in [9.17, 15) is 4.79 Å². The highest BCUT2D eigenvalue weighted by atomic mass is 32.2. The van der Waals surface area contributed by atoms with Crippen LogP contribution in [0, 0.1) is 0 Å². The van der Waals surface area contributed by atoms with Gasteiger partial charge in [-0.25, -0.2) is 0 Å². The van der Waals surface area contributed by atoms with Gasteiger partial charge in [-0.15, -0.1) is 0 Å². The summed E-state index contributed by atoms with van der Waals surface area (Å²) < 4.78 is 0. The van der Waals surface area contributed by atoms with Crippen molar-refractivity contribution in [2.24, 2.45) is 0 Å². The number of thioether (sulfide) groups is 1. The van der Waals surface area contributed by atoms with Gasteiger partial charge in [0.05, 0.1) is 4.91 Å². The second-order valence-corrected chi connectivity index (χ2v) is 7.89. The Hall–Kier alpha value is -2.24. The van der Waals surface area contributed by atoms with Crippen LogP contribution in [-0.2, 0) is 4.79 Å². The average Bonchev–Trinajstić information content (AvgIpc) is 3.04. The number of anilines is 1. The number of nitrogens with zero attached hydrogens (tertiary/aromatic N) is 2. The number of benzene rings is 2. The van der Waals surface area contributed by atoms with Crippen molar-refractivity contribution in [1.82, 2.24) is 10.2 Å². The molecule has 0 aliphatic carbocycles. The van der Waals surface area contributed by atoms with E-state index in [1.165, 1.54) is 5.69 Å². The highest BCUT2D eigenvalue weighted by Gasteiger charge is 2.28. The zero-order chi connectivity index (χ0) is 17.9. The predicted octanol–water partition coefficient (Wildman–Crippen LogP) is 3.34. The number of rotatable bonds is 3. The molecular weight excluding hydrogens is 342 g/mol. The topological polar surface area (TPSA) is 35.6 Å². The summed E-state index contributed by atoms with van der Waals surface area (Å²) in [5.74, 6) is 0.0111. The Kier molecular flexibility index (Phi) is 5.00. The molecule has 0 aromatic heterocycles. The van der Waals surface area contributed by atoms with Crippen LogP contribution in [0.15, 0.2) is 59.5 Å². The van der Waals surface area contributed by atoms with Gasteiger partial charge in [0.2, 0.25) is 0 Å². The molecule has 0 radical (unpaired) electrons. The van der Waals surface area contributed by atoms with Gasteiger partial charge in [0.25, 0.3) is 5.91 Å². The number of para-hydroxylation sites is 1. The van der Waals surface area contributed by atoms with Crippen LogP contribution in [0.1, 0.15) is 16.5 Å². The Morgan fingerprint density at radius 1 is 1.00 bits per heavy atom. The largest absolute Gasteiger partial charge is 0.368 e. The highest BCUT2D eigenvalue weighted by Crippen LogP contribution is 2.40. The lowest BCUT2D eigenvalue weighted by Gasteiger charge is -2.34. The number of carbonyl (C=O) groups is 1. The minimum absolute atomic E-state index is 0.00857. The van der Waals surface area contributed by atoms with Crippen LogP contribution in [0.4, 0.5) is 5.69 Å².